The molecule has 2 fully saturated rings. The molecule has 0 aromatic carbocycles. The second-order valence-corrected chi connectivity index (χ2v) is 6.00. The Morgan fingerprint density at radius 3 is 2.67 bits per heavy atom. The predicted molar refractivity (Wildman–Crippen MR) is 81.7 cm³/mol. The summed E-state index contributed by atoms with van der Waals surface area (Å²) in [6, 6.07) is 4.12. The van der Waals surface area contributed by atoms with Gasteiger partial charge in [-0.15, -0.1) is 0 Å². The Balaban J connectivity index is 1.47. The number of nitrogens with one attached hydrogen (secondary N) is 1. The quantitative estimate of drug-likeness (QED) is 0.890. The van der Waals surface area contributed by atoms with Gasteiger partial charge in [-0.2, -0.15) is 0 Å². The first-order chi connectivity index (χ1) is 10.3. The van der Waals surface area contributed by atoms with Crippen molar-refractivity contribution in [2.75, 3.05) is 39.3 Å². The molecule has 2 aliphatic rings. The summed E-state index contributed by atoms with van der Waals surface area (Å²) in [6.07, 6.45) is 5.85. The Morgan fingerprint density at radius 1 is 1.24 bits per heavy atom. The fourth-order valence-electron chi connectivity index (χ4n) is 3.19. The first-order valence-electron chi connectivity index (χ1n) is 7.94. The second kappa shape index (κ2) is 7.00. The van der Waals surface area contributed by atoms with Crippen LogP contribution in [0.2, 0.25) is 0 Å². The van der Waals surface area contributed by atoms with Gasteiger partial charge < -0.3 is 10.2 Å². The lowest BCUT2D eigenvalue weighted by atomic mass is 9.98. The first-order valence-corrected chi connectivity index (χ1v) is 7.94. The highest BCUT2D eigenvalue weighted by Crippen LogP contribution is 2.15. The molecule has 1 N–H and O–H groups in total. The zero-order chi connectivity index (χ0) is 14.5. The van der Waals surface area contributed by atoms with Crippen molar-refractivity contribution in [3.05, 3.63) is 30.1 Å². The van der Waals surface area contributed by atoms with Gasteiger partial charge in [0.15, 0.2) is 0 Å². The molecular formula is C16H24N4O. The molecule has 1 atom stereocenters. The molecule has 3 heterocycles. The van der Waals surface area contributed by atoms with E-state index in [9.17, 15) is 4.79 Å². The van der Waals surface area contributed by atoms with Crippen LogP contribution in [0.3, 0.4) is 0 Å². The van der Waals surface area contributed by atoms with Crippen LogP contribution in [0.25, 0.3) is 0 Å². The molecule has 1 aromatic heterocycles. The summed E-state index contributed by atoms with van der Waals surface area (Å²) in [6.45, 7) is 6.53. The number of piperidine rings is 1. The van der Waals surface area contributed by atoms with Gasteiger partial charge in [0.25, 0.3) is 0 Å². The van der Waals surface area contributed by atoms with E-state index in [1.165, 1.54) is 5.56 Å². The van der Waals surface area contributed by atoms with Crippen molar-refractivity contribution in [2.24, 2.45) is 5.92 Å². The van der Waals surface area contributed by atoms with Gasteiger partial charge in [0.1, 0.15) is 0 Å². The smallest absolute Gasteiger partial charge is 0.227 e. The number of amides is 1. The third-order valence-electron chi connectivity index (χ3n) is 4.49. The maximum atomic E-state index is 12.5. The molecular weight excluding hydrogens is 264 g/mol. The molecule has 0 saturated carbocycles. The van der Waals surface area contributed by atoms with Crippen LogP contribution in [0.4, 0.5) is 0 Å². The largest absolute Gasteiger partial charge is 0.340 e. The zero-order valence-electron chi connectivity index (χ0n) is 12.5. The molecule has 5 nitrogen and oxygen atoms in total. The molecule has 2 saturated heterocycles. The highest BCUT2D eigenvalue weighted by atomic mass is 16.2. The topological polar surface area (TPSA) is 48.5 Å². The molecule has 1 amide bonds. The molecule has 1 aromatic rings. The van der Waals surface area contributed by atoms with E-state index >= 15 is 0 Å². The number of carbonyl (C=O) groups is 1. The molecule has 114 valence electrons. The lowest BCUT2D eigenvalue weighted by Gasteiger charge is -2.37. The molecule has 0 bridgehead atoms. The summed E-state index contributed by atoms with van der Waals surface area (Å²) in [5, 5.41) is 3.33. The van der Waals surface area contributed by atoms with Gasteiger partial charge >= 0.3 is 0 Å². The fraction of sp³-hybridized carbons (Fsp3) is 0.625. The fourth-order valence-corrected chi connectivity index (χ4v) is 3.19. The van der Waals surface area contributed by atoms with Crippen molar-refractivity contribution in [3.63, 3.8) is 0 Å². The van der Waals surface area contributed by atoms with E-state index in [2.05, 4.69) is 32.2 Å². The van der Waals surface area contributed by atoms with E-state index in [0.29, 0.717) is 5.91 Å². The van der Waals surface area contributed by atoms with Crippen molar-refractivity contribution in [1.29, 1.82) is 0 Å². The molecule has 3 rings (SSSR count). The van der Waals surface area contributed by atoms with Gasteiger partial charge in [-0.3, -0.25) is 14.7 Å². The zero-order valence-corrected chi connectivity index (χ0v) is 12.5. The Bertz CT molecular complexity index is 451. The Labute approximate surface area is 126 Å². The van der Waals surface area contributed by atoms with Crippen LogP contribution in [-0.4, -0.2) is 60.0 Å². The van der Waals surface area contributed by atoms with Gasteiger partial charge in [-0.05, 0) is 37.1 Å². The number of piperazine rings is 1. The van der Waals surface area contributed by atoms with Crippen molar-refractivity contribution >= 4 is 5.91 Å². The van der Waals surface area contributed by atoms with Crippen LogP contribution < -0.4 is 5.32 Å². The van der Waals surface area contributed by atoms with Crippen molar-refractivity contribution in [2.45, 2.75) is 19.4 Å². The molecule has 2 aliphatic heterocycles. The number of nitrogens with zero attached hydrogens (tertiary/aromatic N) is 3. The molecule has 0 radical (unpaired) electrons. The highest BCUT2D eigenvalue weighted by Gasteiger charge is 2.28. The maximum Gasteiger partial charge on any atom is 0.227 e. The average Bonchev–Trinajstić information content (AvgIpc) is 2.57. The Morgan fingerprint density at radius 2 is 2.00 bits per heavy atom. The second-order valence-electron chi connectivity index (χ2n) is 6.00. The summed E-state index contributed by atoms with van der Waals surface area (Å²) in [4.78, 5) is 21.0. The summed E-state index contributed by atoms with van der Waals surface area (Å²) in [5.74, 6) is 0.552. The normalized spacial score (nSPS) is 24.0. The highest BCUT2D eigenvalue weighted by molar-refractivity contribution is 5.79. The Kier molecular flexibility index (Phi) is 4.83. The molecule has 0 aliphatic carbocycles. The monoisotopic (exact) mass is 288 g/mol. The van der Waals surface area contributed by atoms with Gasteiger partial charge in [-0.25, -0.2) is 0 Å². The molecule has 21 heavy (non-hydrogen) atoms. The molecule has 0 spiro atoms. The van der Waals surface area contributed by atoms with Crippen LogP contribution in [0.15, 0.2) is 24.5 Å². The Hall–Kier alpha value is -1.46. The van der Waals surface area contributed by atoms with Gasteiger partial charge in [0.05, 0.1) is 5.92 Å². The summed E-state index contributed by atoms with van der Waals surface area (Å²) < 4.78 is 0. The van der Waals surface area contributed by atoms with Crippen molar-refractivity contribution in [1.82, 2.24) is 20.1 Å². The van der Waals surface area contributed by atoms with Crippen molar-refractivity contribution < 1.29 is 4.79 Å². The number of aromatic nitrogens is 1. The predicted octanol–water partition coefficient (Wildman–Crippen LogP) is 0.725. The first kappa shape index (κ1) is 14.5. The third-order valence-corrected chi connectivity index (χ3v) is 4.49. The van der Waals surface area contributed by atoms with Crippen molar-refractivity contribution in [3.8, 4) is 0 Å². The minimum Gasteiger partial charge on any atom is -0.340 e. The van der Waals surface area contributed by atoms with E-state index < -0.39 is 0 Å². The van der Waals surface area contributed by atoms with Gasteiger partial charge in [0.2, 0.25) is 5.91 Å². The summed E-state index contributed by atoms with van der Waals surface area (Å²) in [5.41, 5.74) is 1.29. The minimum absolute atomic E-state index is 0.200. The average molecular weight is 288 g/mol. The standard InChI is InChI=1S/C16H24N4O/c21-16(15-2-1-5-18-12-15)20-10-8-19(9-11-20)13-14-3-6-17-7-4-14/h3-4,6-7,15,18H,1-2,5,8-13H2/t15-/m1/s1. The van der Waals surface area contributed by atoms with Crippen LogP contribution in [0, 0.1) is 5.92 Å². The lowest BCUT2D eigenvalue weighted by Crippen LogP contribution is -2.51. The minimum atomic E-state index is 0.200. The van der Waals surface area contributed by atoms with E-state index in [-0.39, 0.29) is 5.92 Å². The van der Waals surface area contributed by atoms with E-state index in [0.717, 1.165) is 58.7 Å². The summed E-state index contributed by atoms with van der Waals surface area (Å²) in [7, 11) is 0. The molecule has 0 unspecified atom stereocenters. The number of rotatable bonds is 3. The van der Waals surface area contributed by atoms with Crippen LogP contribution in [0.5, 0.6) is 0 Å². The lowest BCUT2D eigenvalue weighted by molar-refractivity contribution is -0.137. The maximum absolute atomic E-state index is 12.5. The SMILES string of the molecule is O=C([C@@H]1CCCNC1)N1CCN(Cc2ccncc2)CC1. The van der Waals surface area contributed by atoms with Crippen LogP contribution in [-0.2, 0) is 11.3 Å². The van der Waals surface area contributed by atoms with E-state index in [4.69, 9.17) is 0 Å². The van der Waals surface area contributed by atoms with E-state index in [1.807, 2.05) is 12.4 Å². The summed E-state index contributed by atoms with van der Waals surface area (Å²) >= 11 is 0. The van der Waals surface area contributed by atoms with E-state index in [1.54, 1.807) is 0 Å². The molecule has 5 heteroatoms. The van der Waals surface area contributed by atoms with Gasteiger partial charge in [-0.1, -0.05) is 0 Å². The van der Waals surface area contributed by atoms with Crippen LogP contribution >= 0.6 is 0 Å². The number of pyridine rings is 1. The number of hydrogen-bond donors (Lipinski definition) is 1. The number of carbonyl (C=O) groups excluding carboxylic acids is 1. The third kappa shape index (κ3) is 3.80. The van der Waals surface area contributed by atoms with Gasteiger partial charge in [0, 0.05) is 51.7 Å². The van der Waals surface area contributed by atoms with Crippen LogP contribution in [0.1, 0.15) is 18.4 Å². The number of hydrogen-bond acceptors (Lipinski definition) is 4.